The molecular weight excluding hydrogens is 197 g/mol. The van der Waals surface area contributed by atoms with E-state index in [0.29, 0.717) is 6.54 Å². The highest BCUT2D eigenvalue weighted by atomic mass is 35.5. The molecule has 0 saturated carbocycles. The lowest BCUT2D eigenvalue weighted by Gasteiger charge is -2.13. The molecule has 0 amide bonds. The molecule has 0 bridgehead atoms. The van der Waals surface area contributed by atoms with Gasteiger partial charge in [0.2, 0.25) is 0 Å². The summed E-state index contributed by atoms with van der Waals surface area (Å²) in [4.78, 5) is 2.18. The van der Waals surface area contributed by atoms with Crippen molar-refractivity contribution >= 4 is 24.8 Å². The average Bonchev–Trinajstić information content (AvgIpc) is 2.17. The molecule has 1 fully saturated rings. The van der Waals surface area contributed by atoms with Crippen LogP contribution in [0.4, 0.5) is 0 Å². The van der Waals surface area contributed by atoms with Gasteiger partial charge in [-0.3, -0.25) is 4.90 Å². The van der Waals surface area contributed by atoms with Gasteiger partial charge in [0.15, 0.2) is 0 Å². The minimum Gasteiger partial charge on any atom is -0.315 e. The first-order valence-electron chi connectivity index (χ1n) is 3.73. The molecule has 0 radical (unpaired) electrons. The van der Waals surface area contributed by atoms with E-state index < -0.39 is 0 Å². The molecule has 5 heteroatoms. The minimum atomic E-state index is 0. The van der Waals surface area contributed by atoms with E-state index in [1.165, 1.54) is 6.42 Å². The molecule has 0 spiro atoms. The molecule has 1 aliphatic heterocycles. The predicted molar refractivity (Wildman–Crippen MR) is 54.0 cm³/mol. The normalized spacial score (nSPS) is 17.9. The summed E-state index contributed by atoms with van der Waals surface area (Å²) in [5, 5.41) is 11.7. The first-order valence-corrected chi connectivity index (χ1v) is 3.73. The average molecular weight is 212 g/mol. The fourth-order valence-corrected chi connectivity index (χ4v) is 1.16. The van der Waals surface area contributed by atoms with E-state index >= 15 is 0 Å². The van der Waals surface area contributed by atoms with Crippen molar-refractivity contribution in [2.75, 3.05) is 32.7 Å². The summed E-state index contributed by atoms with van der Waals surface area (Å²) in [6, 6.07) is 2.16. The second kappa shape index (κ2) is 9.08. The summed E-state index contributed by atoms with van der Waals surface area (Å²) in [5.74, 6) is 0. The molecule has 72 valence electrons. The first-order chi connectivity index (χ1) is 4.93. The predicted octanol–water partition coefficient (Wildman–Crippen LogP) is 0.649. The SMILES string of the molecule is Cl.Cl.N#CCN1CCCNCC1. The Balaban J connectivity index is 0. The van der Waals surface area contributed by atoms with E-state index in [1.54, 1.807) is 0 Å². The van der Waals surface area contributed by atoms with E-state index in [0.717, 1.165) is 26.2 Å². The molecule has 1 aliphatic rings. The van der Waals surface area contributed by atoms with Crippen LogP contribution in [0, 0.1) is 11.3 Å². The van der Waals surface area contributed by atoms with Crippen molar-refractivity contribution in [3.8, 4) is 6.07 Å². The minimum absolute atomic E-state index is 0. The van der Waals surface area contributed by atoms with E-state index in [-0.39, 0.29) is 24.8 Å². The standard InChI is InChI=1S/C7H13N3.2ClH/c8-2-6-10-5-1-3-9-4-7-10;;/h9H,1,3-7H2;2*1H. The molecule has 12 heavy (non-hydrogen) atoms. The highest BCUT2D eigenvalue weighted by molar-refractivity contribution is 5.85. The van der Waals surface area contributed by atoms with Gasteiger partial charge in [-0.1, -0.05) is 0 Å². The van der Waals surface area contributed by atoms with Crippen LogP contribution < -0.4 is 5.32 Å². The van der Waals surface area contributed by atoms with Gasteiger partial charge < -0.3 is 5.32 Å². The summed E-state index contributed by atoms with van der Waals surface area (Å²) in [6.45, 7) is 4.80. The van der Waals surface area contributed by atoms with Crippen LogP contribution in [-0.2, 0) is 0 Å². The number of nitrogens with zero attached hydrogens (tertiary/aromatic N) is 2. The number of rotatable bonds is 1. The Labute approximate surface area is 85.9 Å². The molecule has 0 aliphatic carbocycles. The van der Waals surface area contributed by atoms with Crippen LogP contribution in [0.1, 0.15) is 6.42 Å². The molecule has 0 aromatic carbocycles. The quantitative estimate of drug-likeness (QED) is 0.648. The third-order valence-corrected chi connectivity index (χ3v) is 1.73. The summed E-state index contributed by atoms with van der Waals surface area (Å²) >= 11 is 0. The van der Waals surface area contributed by atoms with Crippen molar-refractivity contribution in [3.05, 3.63) is 0 Å². The maximum atomic E-state index is 8.40. The van der Waals surface area contributed by atoms with Crippen LogP contribution in [0.3, 0.4) is 0 Å². The number of halogens is 2. The fourth-order valence-electron chi connectivity index (χ4n) is 1.16. The summed E-state index contributed by atoms with van der Waals surface area (Å²) in [7, 11) is 0. The third kappa shape index (κ3) is 5.62. The molecule has 1 N–H and O–H groups in total. The Hall–Kier alpha value is -0.0100. The van der Waals surface area contributed by atoms with Crippen LogP contribution >= 0.6 is 24.8 Å². The van der Waals surface area contributed by atoms with Crippen LogP contribution in [0.5, 0.6) is 0 Å². The highest BCUT2D eigenvalue weighted by Crippen LogP contribution is 1.92. The second-order valence-electron chi connectivity index (χ2n) is 2.54. The Morgan fingerprint density at radius 1 is 1.25 bits per heavy atom. The van der Waals surface area contributed by atoms with Crippen LogP contribution in [0.2, 0.25) is 0 Å². The topological polar surface area (TPSA) is 39.1 Å². The molecule has 1 rings (SSSR count). The maximum Gasteiger partial charge on any atom is 0.0866 e. The van der Waals surface area contributed by atoms with Crippen molar-refractivity contribution < 1.29 is 0 Å². The molecule has 0 atom stereocenters. The van der Waals surface area contributed by atoms with Crippen LogP contribution in [0.25, 0.3) is 0 Å². The largest absolute Gasteiger partial charge is 0.315 e. The van der Waals surface area contributed by atoms with E-state index in [4.69, 9.17) is 5.26 Å². The maximum absolute atomic E-state index is 8.40. The Kier molecular flexibility index (Phi) is 11.0. The smallest absolute Gasteiger partial charge is 0.0866 e. The number of nitrogens with one attached hydrogen (secondary N) is 1. The summed E-state index contributed by atoms with van der Waals surface area (Å²) < 4.78 is 0. The zero-order chi connectivity index (χ0) is 7.23. The Bertz CT molecular complexity index is 127. The van der Waals surface area contributed by atoms with Gasteiger partial charge in [0.05, 0.1) is 12.6 Å². The van der Waals surface area contributed by atoms with E-state index in [9.17, 15) is 0 Å². The molecule has 1 heterocycles. The lowest BCUT2D eigenvalue weighted by Crippen LogP contribution is -2.28. The van der Waals surface area contributed by atoms with Crippen molar-refractivity contribution in [1.29, 1.82) is 5.26 Å². The molecule has 1 saturated heterocycles. The molecular formula is C7H15Cl2N3. The van der Waals surface area contributed by atoms with Gasteiger partial charge in [-0.2, -0.15) is 5.26 Å². The third-order valence-electron chi connectivity index (χ3n) is 1.73. The van der Waals surface area contributed by atoms with E-state index in [1.807, 2.05) is 0 Å². The zero-order valence-corrected chi connectivity index (χ0v) is 8.59. The van der Waals surface area contributed by atoms with Gasteiger partial charge in [-0.15, -0.1) is 24.8 Å². The number of nitriles is 1. The van der Waals surface area contributed by atoms with Crippen LogP contribution in [0.15, 0.2) is 0 Å². The van der Waals surface area contributed by atoms with Crippen molar-refractivity contribution in [2.24, 2.45) is 0 Å². The lowest BCUT2D eigenvalue weighted by molar-refractivity contribution is 0.328. The van der Waals surface area contributed by atoms with Crippen molar-refractivity contribution in [1.82, 2.24) is 10.2 Å². The van der Waals surface area contributed by atoms with Crippen molar-refractivity contribution in [2.45, 2.75) is 6.42 Å². The number of hydrogen-bond acceptors (Lipinski definition) is 3. The Morgan fingerprint density at radius 3 is 2.67 bits per heavy atom. The number of hydrogen-bond donors (Lipinski definition) is 1. The van der Waals surface area contributed by atoms with Gasteiger partial charge in [0, 0.05) is 19.6 Å². The van der Waals surface area contributed by atoms with Crippen LogP contribution in [-0.4, -0.2) is 37.6 Å². The van der Waals surface area contributed by atoms with Gasteiger partial charge in [-0.25, -0.2) is 0 Å². The fraction of sp³-hybridized carbons (Fsp3) is 0.857. The molecule has 3 nitrogen and oxygen atoms in total. The Morgan fingerprint density at radius 2 is 2.00 bits per heavy atom. The molecule has 0 unspecified atom stereocenters. The van der Waals surface area contributed by atoms with Crippen molar-refractivity contribution in [3.63, 3.8) is 0 Å². The zero-order valence-electron chi connectivity index (χ0n) is 6.95. The lowest BCUT2D eigenvalue weighted by atomic mass is 10.4. The van der Waals surface area contributed by atoms with Gasteiger partial charge in [0.1, 0.15) is 0 Å². The highest BCUT2D eigenvalue weighted by Gasteiger charge is 2.05. The molecule has 0 aromatic rings. The first kappa shape index (κ1) is 14.5. The van der Waals surface area contributed by atoms with Gasteiger partial charge in [0.25, 0.3) is 0 Å². The summed E-state index contributed by atoms with van der Waals surface area (Å²) in [5.41, 5.74) is 0. The monoisotopic (exact) mass is 211 g/mol. The molecule has 0 aromatic heterocycles. The summed E-state index contributed by atoms with van der Waals surface area (Å²) in [6.07, 6.45) is 1.17. The van der Waals surface area contributed by atoms with Gasteiger partial charge >= 0.3 is 0 Å². The second-order valence-corrected chi connectivity index (χ2v) is 2.54. The van der Waals surface area contributed by atoms with E-state index in [2.05, 4.69) is 16.3 Å². The van der Waals surface area contributed by atoms with Gasteiger partial charge in [-0.05, 0) is 13.0 Å².